The predicted octanol–water partition coefficient (Wildman–Crippen LogP) is 3.22. The Labute approximate surface area is 128 Å². The number of nitrogens with zero attached hydrogens (tertiary/aromatic N) is 1. The quantitative estimate of drug-likeness (QED) is 0.870. The van der Waals surface area contributed by atoms with Gasteiger partial charge in [-0.15, -0.1) is 0 Å². The molecule has 1 heterocycles. The Morgan fingerprint density at radius 2 is 1.77 bits per heavy atom. The Balaban J connectivity index is 2.14. The molecule has 3 rings (SSSR count). The second-order valence-electron chi connectivity index (χ2n) is 5.15. The van der Waals surface area contributed by atoms with Crippen LogP contribution in [0.2, 0.25) is 0 Å². The van der Waals surface area contributed by atoms with Gasteiger partial charge in [-0.2, -0.15) is 4.31 Å². The van der Waals surface area contributed by atoms with Crippen LogP contribution in [0.25, 0.3) is 11.1 Å². The molecule has 1 aliphatic rings. The van der Waals surface area contributed by atoms with Crippen LogP contribution in [-0.4, -0.2) is 25.8 Å². The monoisotopic (exact) mass is 322 g/mol. The SMILES string of the molecule is O=S(=O)(c1[c]cccc1-c1ccc(F)cc1F)N1CCCC1. The lowest BCUT2D eigenvalue weighted by molar-refractivity contribution is 0.477. The van der Waals surface area contributed by atoms with Crippen molar-refractivity contribution in [1.29, 1.82) is 0 Å². The van der Waals surface area contributed by atoms with Crippen LogP contribution >= 0.6 is 0 Å². The van der Waals surface area contributed by atoms with E-state index in [0.29, 0.717) is 13.1 Å². The van der Waals surface area contributed by atoms with Crippen molar-refractivity contribution in [2.75, 3.05) is 13.1 Å². The smallest absolute Gasteiger partial charge is 0.207 e. The number of hydrogen-bond donors (Lipinski definition) is 0. The maximum atomic E-state index is 14.0. The summed E-state index contributed by atoms with van der Waals surface area (Å²) >= 11 is 0. The molecule has 0 saturated carbocycles. The first-order valence-electron chi connectivity index (χ1n) is 6.96. The van der Waals surface area contributed by atoms with Crippen LogP contribution in [-0.2, 0) is 10.0 Å². The zero-order valence-corrected chi connectivity index (χ0v) is 12.5. The zero-order chi connectivity index (χ0) is 15.7. The van der Waals surface area contributed by atoms with E-state index in [1.807, 2.05) is 0 Å². The molecular weight excluding hydrogens is 308 g/mol. The van der Waals surface area contributed by atoms with E-state index in [4.69, 9.17) is 0 Å². The molecule has 2 aromatic carbocycles. The summed E-state index contributed by atoms with van der Waals surface area (Å²) in [5.41, 5.74) is 0.253. The van der Waals surface area contributed by atoms with Gasteiger partial charge >= 0.3 is 0 Å². The zero-order valence-electron chi connectivity index (χ0n) is 11.7. The number of sulfonamides is 1. The van der Waals surface area contributed by atoms with E-state index in [2.05, 4.69) is 6.07 Å². The molecule has 0 aliphatic carbocycles. The van der Waals surface area contributed by atoms with Crippen molar-refractivity contribution >= 4 is 10.0 Å². The van der Waals surface area contributed by atoms with Gasteiger partial charge in [-0.3, -0.25) is 0 Å². The third kappa shape index (κ3) is 2.64. The second-order valence-corrected chi connectivity index (χ2v) is 7.02. The Bertz CT molecular complexity index is 800. The number of hydrogen-bond acceptors (Lipinski definition) is 2. The van der Waals surface area contributed by atoms with Crippen molar-refractivity contribution in [2.24, 2.45) is 0 Å². The maximum absolute atomic E-state index is 14.0. The summed E-state index contributed by atoms with van der Waals surface area (Å²) in [6.07, 6.45) is 1.62. The largest absolute Gasteiger partial charge is 0.244 e. The van der Waals surface area contributed by atoms with Crippen molar-refractivity contribution in [2.45, 2.75) is 17.7 Å². The molecule has 0 unspecified atom stereocenters. The Morgan fingerprint density at radius 3 is 2.45 bits per heavy atom. The van der Waals surface area contributed by atoms with E-state index in [-0.39, 0.29) is 16.0 Å². The highest BCUT2D eigenvalue weighted by Crippen LogP contribution is 2.32. The first kappa shape index (κ1) is 15.1. The van der Waals surface area contributed by atoms with Gasteiger partial charge < -0.3 is 0 Å². The van der Waals surface area contributed by atoms with Crippen molar-refractivity contribution in [1.82, 2.24) is 4.31 Å². The summed E-state index contributed by atoms with van der Waals surface area (Å²) in [6, 6.07) is 10.4. The van der Waals surface area contributed by atoms with Gasteiger partial charge in [-0.05, 0) is 25.0 Å². The normalized spacial score (nSPS) is 16.1. The van der Waals surface area contributed by atoms with Crippen LogP contribution in [0.5, 0.6) is 0 Å². The Morgan fingerprint density at radius 1 is 1.05 bits per heavy atom. The van der Waals surface area contributed by atoms with Crippen molar-refractivity contribution in [3.63, 3.8) is 0 Å². The fourth-order valence-electron chi connectivity index (χ4n) is 2.61. The van der Waals surface area contributed by atoms with E-state index in [0.717, 1.165) is 25.0 Å². The first-order valence-corrected chi connectivity index (χ1v) is 8.40. The Kier molecular flexibility index (Phi) is 3.97. The molecule has 1 saturated heterocycles. The minimum atomic E-state index is -3.73. The third-order valence-corrected chi connectivity index (χ3v) is 5.60. The highest BCUT2D eigenvalue weighted by molar-refractivity contribution is 7.89. The van der Waals surface area contributed by atoms with Crippen molar-refractivity contribution in [3.05, 3.63) is 54.1 Å². The summed E-state index contributed by atoms with van der Waals surface area (Å²) in [7, 11) is -3.73. The molecule has 1 fully saturated rings. The van der Waals surface area contributed by atoms with Crippen molar-refractivity contribution in [3.8, 4) is 11.1 Å². The van der Waals surface area contributed by atoms with Gasteiger partial charge in [0.05, 0.1) is 4.90 Å². The molecule has 115 valence electrons. The summed E-state index contributed by atoms with van der Waals surface area (Å²) in [4.78, 5) is -0.0672. The lowest BCUT2D eigenvalue weighted by Crippen LogP contribution is -2.28. The molecule has 6 heteroatoms. The molecule has 2 aromatic rings. The minimum absolute atomic E-state index is 0.0519. The molecule has 0 aromatic heterocycles. The summed E-state index contributed by atoms with van der Waals surface area (Å²) < 4.78 is 53.9. The molecule has 0 atom stereocenters. The first-order chi connectivity index (χ1) is 10.5. The molecule has 0 amide bonds. The molecule has 1 radical (unpaired) electrons. The lowest BCUT2D eigenvalue weighted by atomic mass is 10.1. The minimum Gasteiger partial charge on any atom is -0.207 e. The van der Waals surface area contributed by atoms with E-state index in [1.165, 1.54) is 22.5 Å². The fourth-order valence-corrected chi connectivity index (χ4v) is 4.28. The van der Waals surface area contributed by atoms with Gasteiger partial charge in [0.2, 0.25) is 10.0 Å². The van der Waals surface area contributed by atoms with Crippen LogP contribution in [0.15, 0.2) is 41.3 Å². The predicted molar refractivity (Wildman–Crippen MR) is 78.6 cm³/mol. The fraction of sp³-hybridized carbons (Fsp3) is 0.250. The number of benzene rings is 2. The molecule has 0 N–H and O–H groups in total. The van der Waals surface area contributed by atoms with Crippen LogP contribution in [0.1, 0.15) is 12.8 Å². The van der Waals surface area contributed by atoms with E-state index < -0.39 is 21.7 Å². The molecule has 3 nitrogen and oxygen atoms in total. The van der Waals surface area contributed by atoms with Gasteiger partial charge in [-0.25, -0.2) is 17.2 Å². The highest BCUT2D eigenvalue weighted by Gasteiger charge is 2.30. The average molecular weight is 322 g/mol. The van der Waals surface area contributed by atoms with Crippen LogP contribution in [0.4, 0.5) is 8.78 Å². The third-order valence-electron chi connectivity index (χ3n) is 3.70. The van der Waals surface area contributed by atoms with Gasteiger partial charge in [0, 0.05) is 36.3 Å². The molecule has 1 aliphatic heterocycles. The van der Waals surface area contributed by atoms with E-state index in [9.17, 15) is 17.2 Å². The standard InChI is InChI=1S/C16H14F2NO2S/c17-12-7-8-13(15(18)11-12)14-5-1-2-6-16(14)22(20,21)19-9-3-4-10-19/h1-2,5,7-8,11H,3-4,9-10H2. The lowest BCUT2D eigenvalue weighted by Gasteiger charge is -2.18. The van der Waals surface area contributed by atoms with Gasteiger partial charge in [0.15, 0.2) is 0 Å². The summed E-state index contributed by atoms with van der Waals surface area (Å²) in [5, 5.41) is 0. The second kappa shape index (κ2) is 5.78. The molecule has 0 bridgehead atoms. The molecule has 0 spiro atoms. The number of halogens is 2. The van der Waals surface area contributed by atoms with Gasteiger partial charge in [0.25, 0.3) is 0 Å². The molecule has 22 heavy (non-hydrogen) atoms. The number of rotatable bonds is 3. The topological polar surface area (TPSA) is 37.4 Å². The van der Waals surface area contributed by atoms with E-state index in [1.54, 1.807) is 6.07 Å². The summed E-state index contributed by atoms with van der Waals surface area (Å²) in [5.74, 6) is -1.50. The maximum Gasteiger partial charge on any atom is 0.244 e. The summed E-state index contributed by atoms with van der Waals surface area (Å²) in [6.45, 7) is 0.910. The molecular formula is C16H14F2NO2S. The van der Waals surface area contributed by atoms with Crippen LogP contribution in [0, 0.1) is 17.7 Å². The van der Waals surface area contributed by atoms with Crippen molar-refractivity contribution < 1.29 is 17.2 Å². The van der Waals surface area contributed by atoms with Gasteiger partial charge in [0.1, 0.15) is 11.6 Å². The Hall–Kier alpha value is -1.79. The van der Waals surface area contributed by atoms with Gasteiger partial charge in [-0.1, -0.05) is 18.2 Å². The highest BCUT2D eigenvalue weighted by atomic mass is 32.2. The van der Waals surface area contributed by atoms with Crippen LogP contribution in [0.3, 0.4) is 0 Å². The van der Waals surface area contributed by atoms with E-state index >= 15 is 0 Å². The average Bonchev–Trinajstić information content (AvgIpc) is 3.02. The van der Waals surface area contributed by atoms with Crippen LogP contribution < -0.4 is 0 Å².